The molecule has 0 aliphatic carbocycles. The molecule has 1 aliphatic heterocycles. The number of urea groups is 1. The number of carbonyl (C=O) groups excluding carboxylic acids is 1. The van der Waals surface area contributed by atoms with Gasteiger partial charge in [-0.3, -0.25) is 0 Å². The molecule has 4 heteroatoms. The van der Waals surface area contributed by atoms with Crippen LogP contribution >= 0.6 is 0 Å². The average Bonchev–Trinajstić information content (AvgIpc) is 2.91. The summed E-state index contributed by atoms with van der Waals surface area (Å²) >= 11 is 0. The summed E-state index contributed by atoms with van der Waals surface area (Å²) in [6.07, 6.45) is 3.88. The number of rotatable bonds is 4. The summed E-state index contributed by atoms with van der Waals surface area (Å²) in [4.78, 5) is 13.7. The lowest BCUT2D eigenvalue weighted by molar-refractivity contribution is 0.222. The van der Waals surface area contributed by atoms with Gasteiger partial charge in [-0.1, -0.05) is 18.7 Å². The van der Waals surface area contributed by atoms with Gasteiger partial charge in [-0.25, -0.2) is 4.79 Å². The van der Waals surface area contributed by atoms with E-state index in [1.165, 1.54) is 0 Å². The number of likely N-dealkylation sites (tertiary alicyclic amines) is 1. The number of carbonyl (C=O) groups is 1. The quantitative estimate of drug-likeness (QED) is 0.830. The Bertz CT molecular complexity index is 426. The summed E-state index contributed by atoms with van der Waals surface area (Å²) in [5, 5.41) is 2.88. The van der Waals surface area contributed by atoms with Crippen molar-refractivity contribution in [3.63, 3.8) is 0 Å². The molecule has 0 unspecified atom stereocenters. The van der Waals surface area contributed by atoms with E-state index in [-0.39, 0.29) is 6.03 Å². The first-order valence-electron chi connectivity index (χ1n) is 6.19. The summed E-state index contributed by atoms with van der Waals surface area (Å²) in [6.45, 7) is 5.75. The van der Waals surface area contributed by atoms with Crippen LogP contribution in [0.25, 0.3) is 0 Å². The largest absolute Gasteiger partial charge is 0.489 e. The number of nitrogens with zero attached hydrogens (tertiary/aromatic N) is 1. The number of anilines is 1. The number of hydrogen-bond acceptors (Lipinski definition) is 2. The van der Waals surface area contributed by atoms with Gasteiger partial charge >= 0.3 is 6.03 Å². The van der Waals surface area contributed by atoms with Crippen molar-refractivity contribution in [3.8, 4) is 5.75 Å². The van der Waals surface area contributed by atoms with Crippen molar-refractivity contribution in [1.82, 2.24) is 4.90 Å². The zero-order valence-corrected chi connectivity index (χ0v) is 10.4. The van der Waals surface area contributed by atoms with Crippen LogP contribution in [-0.4, -0.2) is 30.6 Å². The predicted octanol–water partition coefficient (Wildman–Crippen LogP) is 2.88. The van der Waals surface area contributed by atoms with E-state index in [1.54, 1.807) is 6.08 Å². The molecule has 0 bridgehead atoms. The molecule has 2 rings (SSSR count). The summed E-state index contributed by atoms with van der Waals surface area (Å²) < 4.78 is 5.42. The minimum atomic E-state index is -0.0339. The molecule has 0 radical (unpaired) electrons. The van der Waals surface area contributed by atoms with Crippen LogP contribution in [-0.2, 0) is 0 Å². The topological polar surface area (TPSA) is 41.6 Å². The number of ether oxygens (including phenoxy) is 1. The molecule has 0 aromatic heterocycles. The van der Waals surface area contributed by atoms with Crippen molar-refractivity contribution in [2.24, 2.45) is 0 Å². The van der Waals surface area contributed by atoms with Crippen molar-refractivity contribution in [2.75, 3.05) is 25.0 Å². The molecule has 1 N–H and O–H groups in total. The lowest BCUT2D eigenvalue weighted by atomic mass is 10.3. The summed E-state index contributed by atoms with van der Waals surface area (Å²) in [6, 6.07) is 7.35. The fourth-order valence-corrected chi connectivity index (χ4v) is 1.94. The van der Waals surface area contributed by atoms with Gasteiger partial charge in [0.25, 0.3) is 0 Å². The Kier molecular flexibility index (Phi) is 4.23. The highest BCUT2D eigenvalue weighted by molar-refractivity contribution is 5.89. The molecule has 0 spiro atoms. The van der Waals surface area contributed by atoms with E-state index >= 15 is 0 Å². The number of benzene rings is 1. The van der Waals surface area contributed by atoms with Crippen LogP contribution in [0.3, 0.4) is 0 Å². The molecule has 2 amide bonds. The van der Waals surface area contributed by atoms with Crippen LogP contribution < -0.4 is 10.1 Å². The molecule has 0 saturated carbocycles. The maximum atomic E-state index is 11.9. The molecule has 1 saturated heterocycles. The van der Waals surface area contributed by atoms with Crippen LogP contribution in [0.2, 0.25) is 0 Å². The Hall–Kier alpha value is -1.97. The molecule has 4 nitrogen and oxygen atoms in total. The van der Waals surface area contributed by atoms with E-state index in [9.17, 15) is 4.79 Å². The van der Waals surface area contributed by atoms with Gasteiger partial charge in [0, 0.05) is 24.8 Å². The standard InChI is InChI=1S/C14H18N2O2/c1-2-10-18-13-7-5-6-12(11-13)15-14(17)16-8-3-4-9-16/h2,5-7,11H,1,3-4,8-10H2,(H,15,17). The molecule has 1 heterocycles. The second-order valence-corrected chi connectivity index (χ2v) is 4.25. The fourth-order valence-electron chi connectivity index (χ4n) is 1.94. The summed E-state index contributed by atoms with van der Waals surface area (Å²) in [5.41, 5.74) is 0.758. The van der Waals surface area contributed by atoms with Crippen molar-refractivity contribution >= 4 is 11.7 Å². The third-order valence-corrected chi connectivity index (χ3v) is 2.85. The first-order chi connectivity index (χ1) is 8.79. The lowest BCUT2D eigenvalue weighted by Gasteiger charge is -2.16. The molecule has 1 aromatic carbocycles. The Morgan fingerprint density at radius 1 is 1.44 bits per heavy atom. The molecular weight excluding hydrogens is 228 g/mol. The number of amides is 2. The Labute approximate surface area is 107 Å². The molecule has 18 heavy (non-hydrogen) atoms. The molecular formula is C14H18N2O2. The van der Waals surface area contributed by atoms with E-state index in [4.69, 9.17) is 4.74 Å². The first-order valence-corrected chi connectivity index (χ1v) is 6.19. The summed E-state index contributed by atoms with van der Waals surface area (Å²) in [7, 11) is 0. The number of hydrogen-bond donors (Lipinski definition) is 1. The maximum Gasteiger partial charge on any atom is 0.321 e. The lowest BCUT2D eigenvalue weighted by Crippen LogP contribution is -2.32. The van der Waals surface area contributed by atoms with Gasteiger partial charge in [-0.2, -0.15) is 0 Å². The highest BCUT2D eigenvalue weighted by atomic mass is 16.5. The minimum absolute atomic E-state index is 0.0339. The Balaban J connectivity index is 1.95. The second-order valence-electron chi connectivity index (χ2n) is 4.25. The third-order valence-electron chi connectivity index (χ3n) is 2.85. The van der Waals surface area contributed by atoms with Crippen molar-refractivity contribution < 1.29 is 9.53 Å². The van der Waals surface area contributed by atoms with Crippen LogP contribution in [0, 0.1) is 0 Å². The van der Waals surface area contributed by atoms with Crippen molar-refractivity contribution in [3.05, 3.63) is 36.9 Å². The molecule has 1 fully saturated rings. The normalized spacial score (nSPS) is 14.3. The first kappa shape index (κ1) is 12.5. The molecule has 1 aromatic rings. The van der Waals surface area contributed by atoms with Crippen LogP contribution in [0.1, 0.15) is 12.8 Å². The Morgan fingerprint density at radius 2 is 2.22 bits per heavy atom. The second kappa shape index (κ2) is 6.10. The van der Waals surface area contributed by atoms with E-state index in [0.717, 1.165) is 37.4 Å². The smallest absolute Gasteiger partial charge is 0.321 e. The molecule has 96 valence electrons. The zero-order chi connectivity index (χ0) is 12.8. The maximum absolute atomic E-state index is 11.9. The van der Waals surface area contributed by atoms with Gasteiger partial charge in [-0.05, 0) is 25.0 Å². The predicted molar refractivity (Wildman–Crippen MR) is 72.0 cm³/mol. The highest BCUT2D eigenvalue weighted by Crippen LogP contribution is 2.18. The van der Waals surface area contributed by atoms with Gasteiger partial charge in [0.15, 0.2) is 0 Å². The van der Waals surface area contributed by atoms with E-state index in [0.29, 0.717) is 6.61 Å². The van der Waals surface area contributed by atoms with Crippen molar-refractivity contribution in [1.29, 1.82) is 0 Å². The van der Waals surface area contributed by atoms with Crippen LogP contribution in [0.4, 0.5) is 10.5 Å². The van der Waals surface area contributed by atoms with Gasteiger partial charge in [0.1, 0.15) is 12.4 Å². The van der Waals surface area contributed by atoms with E-state index < -0.39 is 0 Å². The van der Waals surface area contributed by atoms with Gasteiger partial charge < -0.3 is 15.0 Å². The summed E-state index contributed by atoms with van der Waals surface area (Å²) in [5.74, 6) is 0.731. The molecule has 1 aliphatic rings. The monoisotopic (exact) mass is 246 g/mol. The van der Waals surface area contributed by atoms with Gasteiger partial charge in [0.05, 0.1) is 0 Å². The van der Waals surface area contributed by atoms with Gasteiger partial charge in [-0.15, -0.1) is 0 Å². The number of nitrogens with one attached hydrogen (secondary N) is 1. The van der Waals surface area contributed by atoms with E-state index in [2.05, 4.69) is 11.9 Å². The minimum Gasteiger partial charge on any atom is -0.489 e. The highest BCUT2D eigenvalue weighted by Gasteiger charge is 2.17. The molecule has 0 atom stereocenters. The Morgan fingerprint density at radius 3 is 2.94 bits per heavy atom. The zero-order valence-electron chi connectivity index (χ0n) is 10.4. The van der Waals surface area contributed by atoms with Crippen LogP contribution in [0.15, 0.2) is 36.9 Å². The fraction of sp³-hybridized carbons (Fsp3) is 0.357. The average molecular weight is 246 g/mol. The third kappa shape index (κ3) is 3.26. The van der Waals surface area contributed by atoms with Crippen LogP contribution in [0.5, 0.6) is 5.75 Å². The SMILES string of the molecule is C=CCOc1cccc(NC(=O)N2CCCC2)c1. The van der Waals surface area contributed by atoms with E-state index in [1.807, 2.05) is 29.2 Å². The van der Waals surface area contributed by atoms with Crippen molar-refractivity contribution in [2.45, 2.75) is 12.8 Å². The van der Waals surface area contributed by atoms with Gasteiger partial charge in [0.2, 0.25) is 0 Å².